The quantitative estimate of drug-likeness (QED) is 0.227. The number of amides is 12. The second-order valence-electron chi connectivity index (χ2n) is 28.3. The predicted molar refractivity (Wildman–Crippen MR) is 359 cm³/mol. The molecule has 3 aliphatic heterocycles. The third-order valence-electron chi connectivity index (χ3n) is 20.1. The van der Waals surface area contributed by atoms with Crippen molar-refractivity contribution in [1.29, 1.82) is 0 Å². The fourth-order valence-corrected chi connectivity index (χ4v) is 13.7. The molecule has 1 saturated carbocycles. The Balaban J connectivity index is 1.65. The summed E-state index contributed by atoms with van der Waals surface area (Å²) in [5.74, 6) is -16.4. The molecule has 34 heteroatoms. The van der Waals surface area contributed by atoms with Gasteiger partial charge in [-0.15, -0.1) is 0 Å². The number of piperidine rings is 1. The summed E-state index contributed by atoms with van der Waals surface area (Å²) >= 11 is 6.07. The molecule has 0 bridgehead atoms. The molecule has 0 radical (unpaired) electrons. The van der Waals surface area contributed by atoms with E-state index in [1.807, 2.05) is 0 Å². The van der Waals surface area contributed by atoms with Crippen LogP contribution in [0.25, 0.3) is 0 Å². The average molecular weight is 1480 g/mol. The molecule has 5 rings (SSSR count). The molecular formula is C68H102ClF8N13O12. The molecule has 1 aliphatic carbocycles. The Kier molecular flexibility index (Phi) is 30.7. The maximum atomic E-state index is 15.1. The molecule has 4 fully saturated rings. The first-order chi connectivity index (χ1) is 47.4. The first-order valence-corrected chi connectivity index (χ1v) is 35.0. The minimum atomic E-state index is -5.26. The number of alkyl halides is 8. The van der Waals surface area contributed by atoms with Gasteiger partial charge in [-0.25, -0.2) is 8.78 Å². The van der Waals surface area contributed by atoms with Crippen LogP contribution in [0.5, 0.6) is 0 Å². The van der Waals surface area contributed by atoms with E-state index in [9.17, 15) is 83.1 Å². The lowest BCUT2D eigenvalue weighted by molar-refractivity contribution is -0.161. The van der Waals surface area contributed by atoms with Crippen molar-refractivity contribution in [3.05, 3.63) is 34.3 Å². The molecule has 1 aromatic carbocycles. The summed E-state index contributed by atoms with van der Waals surface area (Å²) in [4.78, 5) is 185. The van der Waals surface area contributed by atoms with E-state index in [0.717, 1.165) is 88.4 Å². The zero-order valence-corrected chi connectivity index (χ0v) is 61.4. The van der Waals surface area contributed by atoms with E-state index in [1.54, 1.807) is 13.8 Å². The van der Waals surface area contributed by atoms with Gasteiger partial charge in [0.25, 0.3) is 5.92 Å². The third-order valence-corrected chi connectivity index (χ3v) is 20.5. The zero-order valence-electron chi connectivity index (χ0n) is 60.6. The molecule has 4 aliphatic rings. The van der Waals surface area contributed by atoms with Gasteiger partial charge >= 0.3 is 12.4 Å². The number of likely N-dealkylation sites (N-methyl/N-ethyl adjacent to an activating group) is 8. The van der Waals surface area contributed by atoms with Gasteiger partial charge in [-0.1, -0.05) is 83.9 Å². The fourth-order valence-electron chi connectivity index (χ4n) is 13.4. The molecular weight excluding hydrogens is 1380 g/mol. The SMILES string of the molecule is CC[C@H](C)[C@@H]1NC(=O)[C@H](C)N(C)C(=O)C[C@@H](C(=O)N2CCCCC2)N(C)C(=O)[C@@H](C(C)C)N(C)C(=O)[C@H](CC(F)(F)F)NC(=O)[C@H](CCN2CC(F)(F)C2)N(C)C(=O)[C@H](CCc2ccc(C(F)(F)F)c(Cl)c2)NC(=O)CN(C)C(=O)[C@H](CC2CCCCC2)N(C)C(=O)CN(C)C(=O)CN(C)C1=O. The van der Waals surface area contributed by atoms with Crippen molar-refractivity contribution in [2.24, 2.45) is 17.8 Å². The third kappa shape index (κ3) is 23.3. The molecule has 1 aromatic rings. The Bertz CT molecular complexity index is 3170. The van der Waals surface area contributed by atoms with E-state index in [0.29, 0.717) is 48.0 Å². The largest absolute Gasteiger partial charge is 0.417 e. The number of halogens is 9. The number of carbonyl (C=O) groups excluding carboxylic acids is 12. The maximum Gasteiger partial charge on any atom is 0.417 e. The first kappa shape index (κ1) is 85.2. The summed E-state index contributed by atoms with van der Waals surface area (Å²) < 4.78 is 115. The van der Waals surface area contributed by atoms with Crippen LogP contribution in [0.4, 0.5) is 35.1 Å². The number of likely N-dealkylation sites (tertiary alicyclic amines) is 2. The van der Waals surface area contributed by atoms with Gasteiger partial charge in [0.2, 0.25) is 70.9 Å². The molecule has 574 valence electrons. The van der Waals surface area contributed by atoms with E-state index in [4.69, 9.17) is 11.6 Å². The van der Waals surface area contributed by atoms with Crippen LogP contribution < -0.4 is 16.0 Å². The highest BCUT2D eigenvalue weighted by Gasteiger charge is 2.48. The maximum absolute atomic E-state index is 15.1. The normalized spacial score (nSPS) is 26.1. The molecule has 0 unspecified atom stereocenters. The molecule has 0 spiro atoms. The van der Waals surface area contributed by atoms with Crippen molar-refractivity contribution in [2.75, 3.05) is 109 Å². The zero-order chi connectivity index (χ0) is 76.8. The predicted octanol–water partition coefficient (Wildman–Crippen LogP) is 4.66. The lowest BCUT2D eigenvalue weighted by atomic mass is 9.84. The van der Waals surface area contributed by atoms with E-state index >= 15 is 9.59 Å². The van der Waals surface area contributed by atoms with E-state index in [2.05, 4.69) is 16.0 Å². The molecule has 3 saturated heterocycles. The van der Waals surface area contributed by atoms with Crippen molar-refractivity contribution in [1.82, 2.24) is 64.9 Å². The Hall–Kier alpha value is -7.45. The molecule has 9 atom stereocenters. The fraction of sp³-hybridized carbons (Fsp3) is 0.735. The smallest absolute Gasteiger partial charge is 0.343 e. The number of aryl methyl sites for hydroxylation is 1. The minimum Gasteiger partial charge on any atom is -0.343 e. The van der Waals surface area contributed by atoms with Gasteiger partial charge in [-0.2, -0.15) is 26.3 Å². The Morgan fingerprint density at radius 1 is 0.618 bits per heavy atom. The van der Waals surface area contributed by atoms with E-state index < -0.39 is 225 Å². The summed E-state index contributed by atoms with van der Waals surface area (Å²) in [5.41, 5.74) is -1.10. The number of nitrogens with zero attached hydrogens (tertiary/aromatic N) is 10. The topological polar surface area (TPSA) is 273 Å². The van der Waals surface area contributed by atoms with Crippen LogP contribution >= 0.6 is 11.6 Å². The van der Waals surface area contributed by atoms with Crippen LogP contribution in [-0.2, 0) is 70.1 Å². The number of benzene rings is 1. The van der Waals surface area contributed by atoms with Crippen LogP contribution in [0.2, 0.25) is 5.02 Å². The van der Waals surface area contributed by atoms with Crippen LogP contribution in [0.3, 0.4) is 0 Å². The monoisotopic (exact) mass is 1480 g/mol. The second kappa shape index (κ2) is 36.8. The van der Waals surface area contributed by atoms with Gasteiger partial charge in [0.05, 0.1) is 56.2 Å². The van der Waals surface area contributed by atoms with Crippen LogP contribution in [0.15, 0.2) is 18.2 Å². The van der Waals surface area contributed by atoms with Crippen molar-refractivity contribution in [2.45, 2.75) is 198 Å². The van der Waals surface area contributed by atoms with Gasteiger partial charge in [0.1, 0.15) is 48.3 Å². The number of carbonyl (C=O) groups is 12. The summed E-state index contributed by atoms with van der Waals surface area (Å²) in [6.07, 6.45) is -8.26. The number of nitrogens with one attached hydrogen (secondary N) is 3. The minimum absolute atomic E-state index is 0.0879. The average Bonchev–Trinajstić information content (AvgIpc) is 0.817. The van der Waals surface area contributed by atoms with Crippen molar-refractivity contribution >= 4 is 82.5 Å². The lowest BCUT2D eigenvalue weighted by Crippen LogP contribution is -2.62. The molecule has 102 heavy (non-hydrogen) atoms. The number of rotatable bonds is 13. The molecule has 0 aromatic heterocycles. The summed E-state index contributed by atoms with van der Waals surface area (Å²) in [6.45, 7) is 3.93. The van der Waals surface area contributed by atoms with E-state index in [1.165, 1.54) is 65.8 Å². The Morgan fingerprint density at radius 2 is 1.20 bits per heavy atom. The number of hydrogen-bond donors (Lipinski definition) is 3. The second-order valence-corrected chi connectivity index (χ2v) is 28.7. The van der Waals surface area contributed by atoms with Crippen molar-refractivity contribution < 1.29 is 92.7 Å². The van der Waals surface area contributed by atoms with Gasteiger partial charge in [-0.3, -0.25) is 62.4 Å². The summed E-state index contributed by atoms with van der Waals surface area (Å²) in [7, 11) is 9.55. The van der Waals surface area contributed by atoms with Gasteiger partial charge in [0, 0.05) is 76.0 Å². The van der Waals surface area contributed by atoms with Crippen molar-refractivity contribution in [3.63, 3.8) is 0 Å². The highest BCUT2D eigenvalue weighted by molar-refractivity contribution is 6.31. The Morgan fingerprint density at radius 3 is 1.75 bits per heavy atom. The van der Waals surface area contributed by atoms with Crippen molar-refractivity contribution in [3.8, 4) is 0 Å². The Labute approximate surface area is 596 Å². The van der Waals surface area contributed by atoms with Gasteiger partial charge in [0.15, 0.2) is 0 Å². The molecule has 25 nitrogen and oxygen atoms in total. The highest BCUT2D eigenvalue weighted by atomic mass is 35.5. The van der Waals surface area contributed by atoms with Gasteiger partial charge in [-0.05, 0) is 87.3 Å². The summed E-state index contributed by atoms with van der Waals surface area (Å²) in [5, 5.41) is 6.57. The molecule has 3 N–H and O–H groups in total. The number of hydrogen-bond acceptors (Lipinski definition) is 13. The lowest BCUT2D eigenvalue weighted by Gasteiger charge is -2.40. The molecule has 12 amide bonds. The standard InChI is InChI=1S/C68H102ClF8N13O12/c1-14-41(4)56-64(101)83(8)36-54(93)81(6)37-55(94)85(10)50(32-43-21-17-15-18-22-43)62(99)82(7)35-52(91)78-47(26-24-44-23-25-45(46(69)31-44)68(75,76)77)60(97)86(11)49(27-30-89-38-66(70,71)39-89)59(96)79-48(34-67(72,73)74)61(98)88(13)57(40(2)3)65(102)87(12)51(63(100)90-28-19-16-20-29-90)33-53(92)84(9)42(5)58(95)80-56/h23,25,31,40-43,47-51,56-57H,14-22,24,26-30,32-39H2,1-13H3,(H,78,91)(H,79,96)(H,80,95)/t41-,42-,47-,48-,49-,50-,51-,56-,57+/m0/s1. The van der Waals surface area contributed by atoms with Crippen LogP contribution in [-0.4, -0.2) is 289 Å². The van der Waals surface area contributed by atoms with Crippen LogP contribution in [0, 0.1) is 17.8 Å². The molecule has 3 heterocycles. The van der Waals surface area contributed by atoms with Crippen LogP contribution in [0.1, 0.15) is 136 Å². The summed E-state index contributed by atoms with van der Waals surface area (Å²) in [6, 6.07) is -11.0. The van der Waals surface area contributed by atoms with E-state index in [-0.39, 0.29) is 37.4 Å². The highest BCUT2D eigenvalue weighted by Crippen LogP contribution is 2.36. The van der Waals surface area contributed by atoms with Gasteiger partial charge < -0.3 is 60.0 Å². The first-order valence-electron chi connectivity index (χ1n) is 34.7.